The van der Waals surface area contributed by atoms with Crippen LogP contribution < -0.4 is 10.6 Å². The van der Waals surface area contributed by atoms with Crippen molar-refractivity contribution in [3.63, 3.8) is 0 Å². The predicted molar refractivity (Wildman–Crippen MR) is 89.1 cm³/mol. The van der Waals surface area contributed by atoms with Gasteiger partial charge in [0.05, 0.1) is 12.0 Å². The Labute approximate surface area is 139 Å². The second-order valence-electron chi connectivity index (χ2n) is 7.58. The molecule has 1 aliphatic heterocycles. The number of nitrogens with one attached hydrogen (secondary N) is 2. The standard InChI is InChI=1S/C17H32N2O4/c1-11(2)14(12(3)19-16(21)23-17(4,5)6)15(20)18-10-13-8-7-9-22-13/h11-14H,7-10H2,1-6H3,(H,18,20)(H,19,21)/t12-,13-,14-/m0/s1. The van der Waals surface area contributed by atoms with Crippen LogP contribution in [-0.4, -0.2) is 42.9 Å². The molecule has 3 atom stereocenters. The van der Waals surface area contributed by atoms with Gasteiger partial charge in [0.25, 0.3) is 0 Å². The van der Waals surface area contributed by atoms with Crippen LogP contribution in [0.1, 0.15) is 54.4 Å². The summed E-state index contributed by atoms with van der Waals surface area (Å²) in [7, 11) is 0. The Morgan fingerprint density at radius 2 is 1.91 bits per heavy atom. The van der Waals surface area contributed by atoms with Crippen molar-refractivity contribution >= 4 is 12.0 Å². The number of amides is 2. The summed E-state index contributed by atoms with van der Waals surface area (Å²) in [6, 6.07) is -0.311. The van der Waals surface area contributed by atoms with E-state index in [-0.39, 0.29) is 29.9 Å². The smallest absolute Gasteiger partial charge is 0.407 e. The van der Waals surface area contributed by atoms with Gasteiger partial charge in [0, 0.05) is 19.2 Å². The van der Waals surface area contributed by atoms with Gasteiger partial charge in [-0.2, -0.15) is 0 Å². The molecule has 1 fully saturated rings. The van der Waals surface area contributed by atoms with E-state index < -0.39 is 11.7 Å². The molecular formula is C17H32N2O4. The second kappa shape index (κ2) is 8.52. The molecule has 6 nitrogen and oxygen atoms in total. The lowest BCUT2D eigenvalue weighted by Gasteiger charge is -2.29. The number of rotatable bonds is 6. The molecule has 2 N–H and O–H groups in total. The van der Waals surface area contributed by atoms with Gasteiger partial charge in [-0.25, -0.2) is 4.79 Å². The van der Waals surface area contributed by atoms with Crippen LogP contribution in [0.15, 0.2) is 0 Å². The molecule has 1 rings (SSSR count). The van der Waals surface area contributed by atoms with Gasteiger partial charge >= 0.3 is 6.09 Å². The number of hydrogen-bond acceptors (Lipinski definition) is 4. The van der Waals surface area contributed by atoms with Crippen LogP contribution >= 0.6 is 0 Å². The predicted octanol–water partition coefficient (Wildman–Crippen LogP) is 2.47. The molecule has 23 heavy (non-hydrogen) atoms. The number of ether oxygens (including phenoxy) is 2. The maximum Gasteiger partial charge on any atom is 0.407 e. The monoisotopic (exact) mass is 328 g/mol. The minimum absolute atomic E-state index is 0.0564. The molecule has 1 saturated heterocycles. The molecule has 0 spiro atoms. The van der Waals surface area contributed by atoms with E-state index in [0.717, 1.165) is 19.4 Å². The lowest BCUT2D eigenvalue weighted by Crippen LogP contribution is -2.49. The summed E-state index contributed by atoms with van der Waals surface area (Å²) in [5.41, 5.74) is -0.556. The molecule has 1 aliphatic rings. The first-order valence-electron chi connectivity index (χ1n) is 8.49. The van der Waals surface area contributed by atoms with Gasteiger partial charge in [0.15, 0.2) is 0 Å². The summed E-state index contributed by atoms with van der Waals surface area (Å²) in [4.78, 5) is 24.4. The average molecular weight is 328 g/mol. The van der Waals surface area contributed by atoms with Gasteiger partial charge in [-0.05, 0) is 46.5 Å². The first kappa shape index (κ1) is 19.7. The van der Waals surface area contributed by atoms with E-state index in [1.54, 1.807) is 0 Å². The highest BCUT2D eigenvalue weighted by Gasteiger charge is 2.31. The molecule has 0 aromatic carbocycles. The third-order valence-corrected chi connectivity index (χ3v) is 3.83. The zero-order chi connectivity index (χ0) is 17.6. The SMILES string of the molecule is CC(C)[C@H](C(=O)NC[C@@H]1CCCO1)[C@H](C)NC(=O)OC(C)(C)C. The second-order valence-corrected chi connectivity index (χ2v) is 7.58. The van der Waals surface area contributed by atoms with E-state index >= 15 is 0 Å². The summed E-state index contributed by atoms with van der Waals surface area (Å²) < 4.78 is 10.8. The van der Waals surface area contributed by atoms with Crippen molar-refractivity contribution < 1.29 is 19.1 Å². The van der Waals surface area contributed by atoms with Crippen molar-refractivity contribution in [2.75, 3.05) is 13.2 Å². The van der Waals surface area contributed by atoms with E-state index in [2.05, 4.69) is 10.6 Å². The first-order chi connectivity index (χ1) is 10.6. The molecule has 0 aromatic rings. The largest absolute Gasteiger partial charge is 0.444 e. The van der Waals surface area contributed by atoms with E-state index in [1.807, 2.05) is 41.5 Å². The summed E-state index contributed by atoms with van der Waals surface area (Å²) in [6.45, 7) is 12.5. The van der Waals surface area contributed by atoms with Crippen molar-refractivity contribution in [2.24, 2.45) is 11.8 Å². The van der Waals surface area contributed by atoms with Crippen LogP contribution in [-0.2, 0) is 14.3 Å². The Morgan fingerprint density at radius 3 is 2.39 bits per heavy atom. The maximum atomic E-state index is 12.5. The fourth-order valence-electron chi connectivity index (χ4n) is 2.83. The van der Waals surface area contributed by atoms with Crippen LogP contribution in [0, 0.1) is 11.8 Å². The molecule has 0 radical (unpaired) electrons. The normalized spacial score (nSPS) is 20.9. The van der Waals surface area contributed by atoms with Crippen LogP contribution in [0.3, 0.4) is 0 Å². The van der Waals surface area contributed by atoms with Crippen LogP contribution in [0.4, 0.5) is 4.79 Å². The van der Waals surface area contributed by atoms with Gasteiger partial charge in [-0.3, -0.25) is 4.79 Å². The van der Waals surface area contributed by atoms with E-state index in [1.165, 1.54) is 0 Å². The Hall–Kier alpha value is -1.30. The molecule has 0 unspecified atom stereocenters. The Morgan fingerprint density at radius 1 is 1.26 bits per heavy atom. The fraction of sp³-hybridized carbons (Fsp3) is 0.882. The lowest BCUT2D eigenvalue weighted by molar-refractivity contribution is -0.127. The molecule has 0 bridgehead atoms. The average Bonchev–Trinajstić information content (AvgIpc) is 2.86. The molecular weight excluding hydrogens is 296 g/mol. The Balaban J connectivity index is 2.54. The molecule has 0 aromatic heterocycles. The minimum Gasteiger partial charge on any atom is -0.444 e. The molecule has 0 aliphatic carbocycles. The third kappa shape index (κ3) is 7.20. The van der Waals surface area contributed by atoms with Crippen molar-refractivity contribution in [2.45, 2.75) is 72.1 Å². The highest BCUT2D eigenvalue weighted by molar-refractivity contribution is 5.80. The van der Waals surface area contributed by atoms with Gasteiger partial charge in [0.1, 0.15) is 5.60 Å². The molecule has 1 heterocycles. The number of hydrogen-bond donors (Lipinski definition) is 2. The summed E-state index contributed by atoms with van der Waals surface area (Å²) in [5, 5.41) is 5.73. The summed E-state index contributed by atoms with van der Waals surface area (Å²) in [5.74, 6) is -0.271. The zero-order valence-corrected chi connectivity index (χ0v) is 15.3. The van der Waals surface area contributed by atoms with Gasteiger partial charge < -0.3 is 20.1 Å². The van der Waals surface area contributed by atoms with Crippen molar-refractivity contribution in [1.29, 1.82) is 0 Å². The maximum absolute atomic E-state index is 12.5. The first-order valence-corrected chi connectivity index (χ1v) is 8.49. The lowest BCUT2D eigenvalue weighted by atomic mass is 9.88. The molecule has 134 valence electrons. The van der Waals surface area contributed by atoms with Gasteiger partial charge in [0.2, 0.25) is 5.91 Å². The fourth-order valence-corrected chi connectivity index (χ4v) is 2.83. The molecule has 0 saturated carbocycles. The minimum atomic E-state index is -0.556. The molecule has 6 heteroatoms. The van der Waals surface area contributed by atoms with E-state index in [9.17, 15) is 9.59 Å². The topological polar surface area (TPSA) is 76.7 Å². The Bertz CT molecular complexity index is 398. The van der Waals surface area contributed by atoms with Crippen LogP contribution in [0.25, 0.3) is 0 Å². The van der Waals surface area contributed by atoms with Crippen LogP contribution in [0.2, 0.25) is 0 Å². The number of carbonyl (C=O) groups is 2. The van der Waals surface area contributed by atoms with Crippen molar-refractivity contribution in [1.82, 2.24) is 10.6 Å². The highest BCUT2D eigenvalue weighted by atomic mass is 16.6. The number of carbonyl (C=O) groups excluding carboxylic acids is 2. The Kier molecular flexibility index (Phi) is 7.32. The zero-order valence-electron chi connectivity index (χ0n) is 15.3. The quantitative estimate of drug-likeness (QED) is 0.785. The summed E-state index contributed by atoms with van der Waals surface area (Å²) in [6.07, 6.45) is 1.65. The van der Waals surface area contributed by atoms with Crippen molar-refractivity contribution in [3.8, 4) is 0 Å². The van der Waals surface area contributed by atoms with Gasteiger partial charge in [-0.15, -0.1) is 0 Å². The van der Waals surface area contributed by atoms with Crippen LogP contribution in [0.5, 0.6) is 0 Å². The van der Waals surface area contributed by atoms with E-state index in [0.29, 0.717) is 6.54 Å². The van der Waals surface area contributed by atoms with Gasteiger partial charge in [-0.1, -0.05) is 13.8 Å². The van der Waals surface area contributed by atoms with E-state index in [4.69, 9.17) is 9.47 Å². The molecule has 2 amide bonds. The third-order valence-electron chi connectivity index (χ3n) is 3.83. The summed E-state index contributed by atoms with van der Waals surface area (Å²) >= 11 is 0. The highest BCUT2D eigenvalue weighted by Crippen LogP contribution is 2.18. The number of alkyl carbamates (subject to hydrolysis) is 1. The van der Waals surface area contributed by atoms with Crippen molar-refractivity contribution in [3.05, 3.63) is 0 Å².